The van der Waals surface area contributed by atoms with E-state index in [2.05, 4.69) is 40.3 Å². The van der Waals surface area contributed by atoms with Crippen LogP contribution in [0.15, 0.2) is 28.7 Å². The fourth-order valence-electron chi connectivity index (χ4n) is 1.19. The highest BCUT2D eigenvalue weighted by molar-refractivity contribution is 9.10. The third kappa shape index (κ3) is 3.99. The van der Waals surface area contributed by atoms with Gasteiger partial charge in [-0.25, -0.2) is 0 Å². The van der Waals surface area contributed by atoms with Crippen molar-refractivity contribution < 1.29 is 0 Å². The van der Waals surface area contributed by atoms with E-state index in [1.54, 1.807) is 0 Å². The Kier molecular flexibility index (Phi) is 5.53. The molecule has 0 fully saturated rings. The van der Waals surface area contributed by atoms with Gasteiger partial charge in [-0.2, -0.15) is 0 Å². The number of rotatable bonds is 5. The van der Waals surface area contributed by atoms with Gasteiger partial charge in [0.05, 0.1) is 0 Å². The van der Waals surface area contributed by atoms with Crippen LogP contribution in [0.5, 0.6) is 0 Å². The standard InChI is InChI=1S/C11H15BrClN/c1-9(6-7-13)14-8-10-4-2-3-5-11(10)12/h2-5,9,14H,6-8H2,1H3. The van der Waals surface area contributed by atoms with Crippen LogP contribution in [0.2, 0.25) is 0 Å². The van der Waals surface area contributed by atoms with Crippen molar-refractivity contribution in [2.75, 3.05) is 5.88 Å². The molecule has 1 rings (SSSR count). The van der Waals surface area contributed by atoms with Crippen molar-refractivity contribution in [3.05, 3.63) is 34.3 Å². The second-order valence-electron chi connectivity index (χ2n) is 3.35. The molecule has 0 aliphatic heterocycles. The first-order valence-electron chi connectivity index (χ1n) is 4.76. The molecule has 0 aliphatic rings. The lowest BCUT2D eigenvalue weighted by molar-refractivity contribution is 0.535. The Morgan fingerprint density at radius 3 is 2.79 bits per heavy atom. The summed E-state index contributed by atoms with van der Waals surface area (Å²) in [6.45, 7) is 3.04. The molecule has 0 saturated heterocycles. The lowest BCUT2D eigenvalue weighted by Crippen LogP contribution is -2.25. The van der Waals surface area contributed by atoms with Crippen molar-refractivity contribution in [1.82, 2.24) is 5.32 Å². The molecule has 0 aromatic heterocycles. The molecule has 0 radical (unpaired) electrons. The first-order chi connectivity index (χ1) is 6.74. The highest BCUT2D eigenvalue weighted by atomic mass is 79.9. The highest BCUT2D eigenvalue weighted by Crippen LogP contribution is 2.15. The zero-order valence-corrected chi connectivity index (χ0v) is 10.6. The van der Waals surface area contributed by atoms with E-state index in [4.69, 9.17) is 11.6 Å². The van der Waals surface area contributed by atoms with Gasteiger partial charge in [-0.05, 0) is 25.0 Å². The topological polar surface area (TPSA) is 12.0 Å². The quantitative estimate of drug-likeness (QED) is 0.811. The molecular weight excluding hydrogens is 261 g/mol. The number of hydrogen-bond acceptors (Lipinski definition) is 1. The van der Waals surface area contributed by atoms with Crippen molar-refractivity contribution in [3.8, 4) is 0 Å². The number of nitrogens with one attached hydrogen (secondary N) is 1. The minimum absolute atomic E-state index is 0.472. The summed E-state index contributed by atoms with van der Waals surface area (Å²) in [4.78, 5) is 0. The number of alkyl halides is 1. The Hall–Kier alpha value is -0.0500. The summed E-state index contributed by atoms with van der Waals surface area (Å²) >= 11 is 9.18. The van der Waals surface area contributed by atoms with Crippen LogP contribution >= 0.6 is 27.5 Å². The van der Waals surface area contributed by atoms with Gasteiger partial charge < -0.3 is 5.32 Å². The lowest BCUT2D eigenvalue weighted by Gasteiger charge is -2.12. The van der Waals surface area contributed by atoms with Gasteiger partial charge >= 0.3 is 0 Å². The maximum atomic E-state index is 5.66. The monoisotopic (exact) mass is 275 g/mol. The molecule has 78 valence electrons. The Bertz CT molecular complexity index is 278. The molecule has 1 unspecified atom stereocenters. The van der Waals surface area contributed by atoms with Crippen molar-refractivity contribution in [3.63, 3.8) is 0 Å². The van der Waals surface area contributed by atoms with Gasteiger partial charge in [-0.15, -0.1) is 11.6 Å². The van der Waals surface area contributed by atoms with E-state index in [1.165, 1.54) is 5.56 Å². The van der Waals surface area contributed by atoms with Gasteiger partial charge in [0.25, 0.3) is 0 Å². The normalized spacial score (nSPS) is 12.8. The van der Waals surface area contributed by atoms with E-state index in [0.29, 0.717) is 11.9 Å². The van der Waals surface area contributed by atoms with Gasteiger partial charge in [-0.3, -0.25) is 0 Å². The average Bonchev–Trinajstić information content (AvgIpc) is 2.17. The van der Waals surface area contributed by atoms with E-state index in [0.717, 1.165) is 17.4 Å². The Morgan fingerprint density at radius 2 is 2.14 bits per heavy atom. The molecular formula is C11H15BrClN. The average molecular weight is 277 g/mol. The summed E-state index contributed by atoms with van der Waals surface area (Å²) in [7, 11) is 0. The maximum absolute atomic E-state index is 5.66. The summed E-state index contributed by atoms with van der Waals surface area (Å²) in [6.07, 6.45) is 1.01. The largest absolute Gasteiger partial charge is 0.310 e. The van der Waals surface area contributed by atoms with Crippen LogP contribution < -0.4 is 5.32 Å². The number of halogens is 2. The zero-order valence-electron chi connectivity index (χ0n) is 8.26. The summed E-state index contributed by atoms with van der Waals surface area (Å²) in [5.41, 5.74) is 1.29. The molecule has 0 bridgehead atoms. The first kappa shape index (κ1) is 12.0. The van der Waals surface area contributed by atoms with Crippen molar-refractivity contribution in [1.29, 1.82) is 0 Å². The van der Waals surface area contributed by atoms with Gasteiger partial charge in [0.1, 0.15) is 0 Å². The molecule has 1 aromatic carbocycles. The predicted molar refractivity (Wildman–Crippen MR) is 65.8 cm³/mol. The summed E-state index contributed by atoms with van der Waals surface area (Å²) < 4.78 is 1.16. The molecule has 1 N–H and O–H groups in total. The summed E-state index contributed by atoms with van der Waals surface area (Å²) in [5, 5.41) is 3.43. The fourth-order valence-corrected chi connectivity index (χ4v) is 1.94. The molecule has 14 heavy (non-hydrogen) atoms. The van der Waals surface area contributed by atoms with E-state index >= 15 is 0 Å². The zero-order chi connectivity index (χ0) is 10.4. The van der Waals surface area contributed by atoms with E-state index < -0.39 is 0 Å². The lowest BCUT2D eigenvalue weighted by atomic mass is 10.2. The van der Waals surface area contributed by atoms with Crippen LogP contribution in [0.25, 0.3) is 0 Å². The van der Waals surface area contributed by atoms with E-state index in [9.17, 15) is 0 Å². The molecule has 0 heterocycles. The minimum atomic E-state index is 0.472. The molecule has 1 nitrogen and oxygen atoms in total. The van der Waals surface area contributed by atoms with Crippen molar-refractivity contribution in [2.45, 2.75) is 25.9 Å². The molecule has 0 aliphatic carbocycles. The number of benzene rings is 1. The maximum Gasteiger partial charge on any atom is 0.0238 e. The van der Waals surface area contributed by atoms with Crippen LogP contribution in [0.3, 0.4) is 0 Å². The fraction of sp³-hybridized carbons (Fsp3) is 0.455. The van der Waals surface area contributed by atoms with Gasteiger partial charge in [-0.1, -0.05) is 34.1 Å². The Labute approximate surface area is 99.0 Å². The molecule has 0 saturated carbocycles. The summed E-state index contributed by atoms with van der Waals surface area (Å²) in [6, 6.07) is 8.72. The third-order valence-electron chi connectivity index (χ3n) is 2.14. The smallest absolute Gasteiger partial charge is 0.0238 e. The van der Waals surface area contributed by atoms with Crippen LogP contribution in [0.4, 0.5) is 0 Å². The van der Waals surface area contributed by atoms with Crippen LogP contribution in [-0.4, -0.2) is 11.9 Å². The molecule has 0 spiro atoms. The van der Waals surface area contributed by atoms with Crippen molar-refractivity contribution in [2.24, 2.45) is 0 Å². The van der Waals surface area contributed by atoms with Crippen LogP contribution in [0, 0.1) is 0 Å². The van der Waals surface area contributed by atoms with Crippen LogP contribution in [0.1, 0.15) is 18.9 Å². The Balaban J connectivity index is 2.41. The molecule has 0 amide bonds. The molecule has 1 atom stereocenters. The number of hydrogen-bond donors (Lipinski definition) is 1. The van der Waals surface area contributed by atoms with Gasteiger partial charge in [0.15, 0.2) is 0 Å². The highest BCUT2D eigenvalue weighted by Gasteiger charge is 2.02. The SMILES string of the molecule is CC(CCCl)NCc1ccccc1Br. The minimum Gasteiger partial charge on any atom is -0.310 e. The summed E-state index contributed by atoms with van der Waals surface area (Å²) in [5.74, 6) is 0.712. The predicted octanol–water partition coefficient (Wildman–Crippen LogP) is 3.56. The van der Waals surface area contributed by atoms with Crippen molar-refractivity contribution >= 4 is 27.5 Å². The van der Waals surface area contributed by atoms with Gasteiger partial charge in [0.2, 0.25) is 0 Å². The van der Waals surface area contributed by atoms with E-state index in [-0.39, 0.29) is 0 Å². The third-order valence-corrected chi connectivity index (χ3v) is 3.13. The first-order valence-corrected chi connectivity index (χ1v) is 6.09. The molecule has 1 aromatic rings. The second-order valence-corrected chi connectivity index (χ2v) is 4.58. The van der Waals surface area contributed by atoms with Gasteiger partial charge in [0, 0.05) is 22.9 Å². The Morgan fingerprint density at radius 1 is 1.43 bits per heavy atom. The second kappa shape index (κ2) is 6.44. The molecule has 3 heteroatoms. The van der Waals surface area contributed by atoms with E-state index in [1.807, 2.05) is 12.1 Å². The van der Waals surface area contributed by atoms with Crippen LogP contribution in [-0.2, 0) is 6.54 Å².